The van der Waals surface area contributed by atoms with Crippen LogP contribution in [0, 0.1) is 0 Å². The predicted octanol–water partition coefficient (Wildman–Crippen LogP) is 3.33. The Bertz CT molecular complexity index is 367. The van der Waals surface area contributed by atoms with Crippen LogP contribution in [0.4, 0.5) is 0 Å². The van der Waals surface area contributed by atoms with Gasteiger partial charge in [0.25, 0.3) is 0 Å². The van der Waals surface area contributed by atoms with Crippen molar-refractivity contribution in [3.8, 4) is 0 Å². The number of carbonyl (C=O) groups excluding carboxylic acids is 1. The average molecular weight is 188 g/mol. The van der Waals surface area contributed by atoms with Crippen molar-refractivity contribution >= 4 is 5.78 Å². The molecule has 2 rings (SSSR count). The van der Waals surface area contributed by atoms with Crippen LogP contribution in [0.25, 0.3) is 0 Å². The van der Waals surface area contributed by atoms with Crippen molar-refractivity contribution in [1.29, 1.82) is 0 Å². The first kappa shape index (κ1) is 9.45. The molecule has 0 aromatic carbocycles. The van der Waals surface area contributed by atoms with Crippen LogP contribution in [-0.4, -0.2) is 5.78 Å². The van der Waals surface area contributed by atoms with E-state index in [1.54, 1.807) is 0 Å². The van der Waals surface area contributed by atoms with Gasteiger partial charge < -0.3 is 0 Å². The summed E-state index contributed by atoms with van der Waals surface area (Å²) in [5, 5.41) is 0. The van der Waals surface area contributed by atoms with Gasteiger partial charge in [0.1, 0.15) is 0 Å². The Morgan fingerprint density at radius 1 is 1.14 bits per heavy atom. The van der Waals surface area contributed by atoms with E-state index in [-0.39, 0.29) is 5.78 Å². The summed E-state index contributed by atoms with van der Waals surface area (Å²) < 4.78 is 0. The molecular weight excluding hydrogens is 172 g/mol. The Labute approximate surface area is 85.2 Å². The maximum atomic E-state index is 11.6. The summed E-state index contributed by atoms with van der Waals surface area (Å²) in [7, 11) is 0. The second-order valence-corrected chi connectivity index (χ2v) is 3.93. The highest BCUT2D eigenvalue weighted by Crippen LogP contribution is 2.37. The van der Waals surface area contributed by atoms with Crippen LogP contribution in [-0.2, 0) is 4.79 Å². The van der Waals surface area contributed by atoms with E-state index >= 15 is 0 Å². The first-order valence-corrected chi connectivity index (χ1v) is 5.44. The number of fused-ring (bicyclic) bond motifs is 1. The van der Waals surface area contributed by atoms with E-state index in [1.165, 1.54) is 16.7 Å². The maximum absolute atomic E-state index is 11.6. The minimum absolute atomic E-state index is 0.226. The highest BCUT2D eigenvalue weighted by molar-refractivity contribution is 6.07. The summed E-state index contributed by atoms with van der Waals surface area (Å²) in [6, 6.07) is 0. The standard InChI is InChI=1S/C13H16O/c1-3-9-5-6-11-8-13(14)10(4-2)7-12(9)11/h7-8H,3-6H2,1-2H3. The van der Waals surface area contributed by atoms with Gasteiger partial charge >= 0.3 is 0 Å². The van der Waals surface area contributed by atoms with Crippen molar-refractivity contribution < 1.29 is 4.79 Å². The number of hydrogen-bond donors (Lipinski definition) is 0. The fourth-order valence-corrected chi connectivity index (χ4v) is 2.27. The fraction of sp³-hybridized carbons (Fsp3) is 0.462. The quantitative estimate of drug-likeness (QED) is 0.649. The molecule has 0 saturated carbocycles. The van der Waals surface area contributed by atoms with Crippen molar-refractivity contribution in [3.05, 3.63) is 34.4 Å². The maximum Gasteiger partial charge on any atom is 0.182 e. The van der Waals surface area contributed by atoms with Crippen LogP contribution in [0.15, 0.2) is 34.4 Å². The van der Waals surface area contributed by atoms with E-state index in [9.17, 15) is 4.79 Å². The number of allylic oxidation sites excluding steroid dienone is 6. The molecule has 0 amide bonds. The van der Waals surface area contributed by atoms with Crippen LogP contribution in [0.3, 0.4) is 0 Å². The summed E-state index contributed by atoms with van der Waals surface area (Å²) in [6.07, 6.45) is 8.15. The Hall–Kier alpha value is -1.11. The minimum Gasteiger partial charge on any atom is -0.290 e. The molecule has 1 heteroatoms. The Morgan fingerprint density at radius 2 is 1.93 bits per heavy atom. The van der Waals surface area contributed by atoms with Gasteiger partial charge in [0.15, 0.2) is 5.78 Å². The van der Waals surface area contributed by atoms with Gasteiger partial charge in [0, 0.05) is 0 Å². The lowest BCUT2D eigenvalue weighted by molar-refractivity contribution is -0.111. The molecule has 0 atom stereocenters. The molecule has 0 aromatic rings. The SMILES string of the molecule is CCC1=CC2=C(CC)CCC2=CC1=O. The molecule has 14 heavy (non-hydrogen) atoms. The average Bonchev–Trinajstić information content (AvgIpc) is 2.58. The third-order valence-corrected chi connectivity index (χ3v) is 3.17. The van der Waals surface area contributed by atoms with Crippen molar-refractivity contribution in [2.75, 3.05) is 0 Å². The Kier molecular flexibility index (Phi) is 2.40. The molecule has 0 unspecified atom stereocenters. The van der Waals surface area contributed by atoms with Crippen molar-refractivity contribution in [2.45, 2.75) is 39.5 Å². The molecular formula is C13H16O. The van der Waals surface area contributed by atoms with E-state index in [1.807, 2.05) is 13.0 Å². The molecule has 0 spiro atoms. The van der Waals surface area contributed by atoms with Crippen molar-refractivity contribution in [2.24, 2.45) is 0 Å². The van der Waals surface area contributed by atoms with E-state index in [0.717, 1.165) is 31.3 Å². The molecule has 0 heterocycles. The van der Waals surface area contributed by atoms with Crippen LogP contribution in [0.1, 0.15) is 39.5 Å². The molecule has 2 aliphatic rings. The summed E-state index contributed by atoms with van der Waals surface area (Å²) in [5.41, 5.74) is 5.12. The van der Waals surface area contributed by atoms with Crippen LogP contribution >= 0.6 is 0 Å². The smallest absolute Gasteiger partial charge is 0.182 e. The van der Waals surface area contributed by atoms with Gasteiger partial charge in [0.05, 0.1) is 0 Å². The van der Waals surface area contributed by atoms with Gasteiger partial charge in [-0.15, -0.1) is 0 Å². The number of hydrogen-bond acceptors (Lipinski definition) is 1. The summed E-state index contributed by atoms with van der Waals surface area (Å²) in [4.78, 5) is 11.6. The second-order valence-electron chi connectivity index (χ2n) is 3.93. The lowest BCUT2D eigenvalue weighted by Gasteiger charge is -2.11. The van der Waals surface area contributed by atoms with E-state index < -0.39 is 0 Å². The predicted molar refractivity (Wildman–Crippen MR) is 58.0 cm³/mol. The molecule has 0 fully saturated rings. The molecule has 1 nitrogen and oxygen atoms in total. The molecule has 0 aliphatic heterocycles. The van der Waals surface area contributed by atoms with E-state index in [0.29, 0.717) is 0 Å². The van der Waals surface area contributed by atoms with Gasteiger partial charge in [-0.2, -0.15) is 0 Å². The van der Waals surface area contributed by atoms with Gasteiger partial charge in [-0.3, -0.25) is 4.79 Å². The zero-order valence-electron chi connectivity index (χ0n) is 8.89. The van der Waals surface area contributed by atoms with Gasteiger partial charge in [0.2, 0.25) is 0 Å². The van der Waals surface area contributed by atoms with Gasteiger partial charge in [-0.05, 0) is 54.6 Å². The zero-order chi connectivity index (χ0) is 10.1. The number of rotatable bonds is 2. The monoisotopic (exact) mass is 188 g/mol. The lowest BCUT2D eigenvalue weighted by Crippen LogP contribution is -2.05. The first-order valence-electron chi connectivity index (χ1n) is 5.44. The van der Waals surface area contributed by atoms with Crippen molar-refractivity contribution in [3.63, 3.8) is 0 Å². The highest BCUT2D eigenvalue weighted by Gasteiger charge is 2.22. The Morgan fingerprint density at radius 3 is 2.57 bits per heavy atom. The molecule has 2 aliphatic carbocycles. The third kappa shape index (κ3) is 1.37. The second kappa shape index (κ2) is 3.56. The van der Waals surface area contributed by atoms with Crippen LogP contribution in [0.2, 0.25) is 0 Å². The van der Waals surface area contributed by atoms with Gasteiger partial charge in [-0.1, -0.05) is 19.4 Å². The number of carbonyl (C=O) groups is 1. The van der Waals surface area contributed by atoms with Gasteiger partial charge in [-0.25, -0.2) is 0 Å². The van der Waals surface area contributed by atoms with Crippen LogP contribution < -0.4 is 0 Å². The molecule has 0 N–H and O–H groups in total. The molecule has 0 radical (unpaired) electrons. The van der Waals surface area contributed by atoms with E-state index in [4.69, 9.17) is 0 Å². The molecule has 0 bridgehead atoms. The molecule has 0 saturated heterocycles. The number of ketones is 1. The third-order valence-electron chi connectivity index (χ3n) is 3.17. The summed E-state index contributed by atoms with van der Waals surface area (Å²) in [5.74, 6) is 0.226. The van der Waals surface area contributed by atoms with E-state index in [2.05, 4.69) is 13.0 Å². The largest absolute Gasteiger partial charge is 0.290 e. The first-order chi connectivity index (χ1) is 6.76. The molecule has 74 valence electrons. The highest BCUT2D eigenvalue weighted by atomic mass is 16.1. The zero-order valence-corrected chi connectivity index (χ0v) is 8.89. The Balaban J connectivity index is 2.43. The summed E-state index contributed by atoms with van der Waals surface area (Å²) >= 11 is 0. The normalized spacial score (nSPS) is 20.9. The lowest BCUT2D eigenvalue weighted by atomic mass is 9.93. The fourth-order valence-electron chi connectivity index (χ4n) is 2.27. The van der Waals surface area contributed by atoms with Crippen LogP contribution in [0.5, 0.6) is 0 Å². The summed E-state index contributed by atoms with van der Waals surface area (Å²) in [6.45, 7) is 4.24. The van der Waals surface area contributed by atoms with Crippen molar-refractivity contribution in [1.82, 2.24) is 0 Å². The topological polar surface area (TPSA) is 17.1 Å². The molecule has 0 aromatic heterocycles. The minimum atomic E-state index is 0.226.